The van der Waals surface area contributed by atoms with E-state index in [4.69, 9.17) is 0 Å². The lowest BCUT2D eigenvalue weighted by Crippen LogP contribution is -2.29. The van der Waals surface area contributed by atoms with Gasteiger partial charge in [-0.2, -0.15) is 0 Å². The molecule has 9 aromatic carbocycles. The van der Waals surface area contributed by atoms with Crippen LogP contribution in [0.15, 0.2) is 212 Å². The van der Waals surface area contributed by atoms with Crippen LogP contribution in [0.25, 0.3) is 44.2 Å². The minimum atomic E-state index is -0.548. The molecule has 0 N–H and O–H groups in total. The Hall–Kier alpha value is -6.96. The van der Waals surface area contributed by atoms with Gasteiger partial charge in [0.2, 0.25) is 0 Å². The lowest BCUT2D eigenvalue weighted by Gasteiger charge is -2.35. The Bertz CT molecular complexity index is 2920. The second-order valence-electron chi connectivity index (χ2n) is 16.1. The van der Waals surface area contributed by atoms with Gasteiger partial charge in [0.25, 0.3) is 0 Å². The first kappa shape index (κ1) is 33.4. The third-order valence-electron chi connectivity index (χ3n) is 12.7. The fraction of sp³-hybridized carbons (Fsp3) is 0.0714. The van der Waals surface area contributed by atoms with Crippen LogP contribution in [-0.2, 0) is 10.8 Å². The van der Waals surface area contributed by atoms with Gasteiger partial charge in [-0.15, -0.1) is 0 Å². The van der Waals surface area contributed by atoms with Crippen molar-refractivity contribution in [2.45, 2.75) is 24.7 Å². The van der Waals surface area contributed by atoms with Crippen molar-refractivity contribution in [3.05, 3.63) is 246 Å². The van der Waals surface area contributed by atoms with Crippen molar-refractivity contribution in [1.82, 2.24) is 0 Å². The van der Waals surface area contributed by atoms with Crippen LogP contribution < -0.4 is 4.90 Å². The fourth-order valence-electron chi connectivity index (χ4n) is 10.1. The van der Waals surface area contributed by atoms with Crippen LogP contribution in [0, 0.1) is 0 Å². The summed E-state index contributed by atoms with van der Waals surface area (Å²) in [6, 6.07) is 78.8. The van der Waals surface area contributed by atoms with E-state index in [-0.39, 0.29) is 5.41 Å². The van der Waals surface area contributed by atoms with Gasteiger partial charge in [0.15, 0.2) is 0 Å². The Morgan fingerprint density at radius 1 is 0.351 bits per heavy atom. The van der Waals surface area contributed by atoms with Gasteiger partial charge in [0.1, 0.15) is 0 Å². The van der Waals surface area contributed by atoms with Crippen molar-refractivity contribution >= 4 is 27.8 Å². The van der Waals surface area contributed by atoms with E-state index < -0.39 is 5.41 Å². The van der Waals surface area contributed by atoms with Gasteiger partial charge < -0.3 is 4.90 Å². The zero-order chi connectivity index (χ0) is 38.1. The summed E-state index contributed by atoms with van der Waals surface area (Å²) in [5, 5.41) is 2.54. The molecule has 0 fully saturated rings. The van der Waals surface area contributed by atoms with Crippen LogP contribution in [0.5, 0.6) is 0 Å². The normalized spacial score (nSPS) is 14.1. The topological polar surface area (TPSA) is 3.24 Å². The molecule has 0 heterocycles. The van der Waals surface area contributed by atoms with Gasteiger partial charge in [0, 0.05) is 22.5 Å². The Balaban J connectivity index is 1.18. The highest BCUT2D eigenvalue weighted by Crippen LogP contribution is 2.59. The molecule has 2 aliphatic carbocycles. The fourth-order valence-corrected chi connectivity index (χ4v) is 10.1. The monoisotopic (exact) mass is 727 g/mol. The van der Waals surface area contributed by atoms with Crippen LogP contribution >= 0.6 is 0 Å². The molecule has 11 rings (SSSR count). The Morgan fingerprint density at radius 3 is 1.61 bits per heavy atom. The zero-order valence-electron chi connectivity index (χ0n) is 32.2. The van der Waals surface area contributed by atoms with E-state index in [2.05, 4.69) is 231 Å². The molecule has 2 aliphatic rings. The van der Waals surface area contributed by atoms with Crippen LogP contribution in [0.3, 0.4) is 0 Å². The predicted octanol–water partition coefficient (Wildman–Crippen LogP) is 14.6. The average Bonchev–Trinajstić information content (AvgIpc) is 3.70. The number of hydrogen-bond donors (Lipinski definition) is 0. The summed E-state index contributed by atoms with van der Waals surface area (Å²) in [5.74, 6) is 0. The second kappa shape index (κ2) is 12.8. The van der Waals surface area contributed by atoms with Crippen molar-refractivity contribution < 1.29 is 0 Å². The number of hydrogen-bond acceptors (Lipinski definition) is 1. The number of benzene rings is 9. The molecule has 0 saturated carbocycles. The number of nitrogens with zero attached hydrogens (tertiary/aromatic N) is 1. The van der Waals surface area contributed by atoms with Crippen molar-refractivity contribution in [3.8, 4) is 33.4 Å². The van der Waals surface area contributed by atoms with E-state index in [9.17, 15) is 0 Å². The molecular formula is C56H41N. The molecule has 0 bridgehead atoms. The summed E-state index contributed by atoms with van der Waals surface area (Å²) in [4.78, 5) is 2.46. The quantitative estimate of drug-likeness (QED) is 0.165. The smallest absolute Gasteiger partial charge is 0.0720 e. The molecule has 1 heteroatoms. The van der Waals surface area contributed by atoms with E-state index in [0.717, 1.165) is 17.1 Å². The summed E-state index contributed by atoms with van der Waals surface area (Å²) in [6.07, 6.45) is 0. The maximum Gasteiger partial charge on any atom is 0.0720 e. The maximum absolute atomic E-state index is 2.49. The summed E-state index contributed by atoms with van der Waals surface area (Å²) < 4.78 is 0. The summed E-state index contributed by atoms with van der Waals surface area (Å²) in [7, 11) is 0. The molecule has 0 atom stereocenters. The van der Waals surface area contributed by atoms with Gasteiger partial charge in [0.05, 0.1) is 5.41 Å². The Morgan fingerprint density at radius 2 is 0.877 bits per heavy atom. The number of fused-ring (bicyclic) bond motifs is 8. The Labute approximate surface area is 335 Å². The number of anilines is 3. The molecule has 0 aromatic heterocycles. The minimum absolute atomic E-state index is 0.0697. The lowest BCUT2D eigenvalue weighted by atomic mass is 9.66. The first-order valence-corrected chi connectivity index (χ1v) is 20.0. The van der Waals surface area contributed by atoms with Gasteiger partial charge in [-0.3, -0.25) is 0 Å². The average molecular weight is 728 g/mol. The van der Waals surface area contributed by atoms with Crippen LogP contribution in [0.1, 0.15) is 47.2 Å². The van der Waals surface area contributed by atoms with Gasteiger partial charge in [-0.25, -0.2) is 0 Å². The molecule has 0 aliphatic heterocycles. The molecule has 0 saturated heterocycles. The molecule has 0 amide bonds. The van der Waals surface area contributed by atoms with Crippen LogP contribution in [0.2, 0.25) is 0 Å². The third-order valence-corrected chi connectivity index (χ3v) is 12.7. The van der Waals surface area contributed by atoms with E-state index in [1.54, 1.807) is 0 Å². The molecule has 1 nitrogen and oxygen atoms in total. The molecule has 270 valence electrons. The summed E-state index contributed by atoms with van der Waals surface area (Å²) in [5.41, 5.74) is 18.3. The van der Waals surface area contributed by atoms with Crippen molar-refractivity contribution in [3.63, 3.8) is 0 Å². The minimum Gasteiger partial charge on any atom is -0.310 e. The van der Waals surface area contributed by atoms with Gasteiger partial charge >= 0.3 is 0 Å². The SMILES string of the molecule is CC1(C)c2ccccc2-c2cc(N(c3ccc(-c4ccccc4)cc3)c3ccc4c(c3)C(c3ccccc3)(c3ccccc3)c3c-4ccc4ccccc34)ccc21. The summed E-state index contributed by atoms with van der Waals surface area (Å²) >= 11 is 0. The maximum atomic E-state index is 2.49. The zero-order valence-corrected chi connectivity index (χ0v) is 32.2. The molecule has 57 heavy (non-hydrogen) atoms. The highest BCUT2D eigenvalue weighted by molar-refractivity contribution is 6.01. The van der Waals surface area contributed by atoms with E-state index >= 15 is 0 Å². The second-order valence-corrected chi connectivity index (χ2v) is 16.1. The lowest BCUT2D eigenvalue weighted by molar-refractivity contribution is 0.660. The molecular weight excluding hydrogens is 687 g/mol. The standard InChI is InChI=1S/C56H41N/c1-55(2)51-25-15-14-24-47(51)50-36-44(32-35-52(50)55)57(43-29-26-39(27-30-43)38-16-6-3-7-17-38)45-31-34-48-49-33-28-40-18-12-13-23-46(40)54(49)56(53(48)37-45,41-19-8-4-9-20-41)42-21-10-5-11-22-42/h3-37H,1-2H3. The third kappa shape index (κ3) is 4.95. The molecule has 0 spiro atoms. The molecule has 0 radical (unpaired) electrons. The van der Waals surface area contributed by atoms with E-state index in [1.807, 2.05) is 0 Å². The highest BCUT2D eigenvalue weighted by Gasteiger charge is 2.47. The Kier molecular flexibility index (Phi) is 7.50. The first-order chi connectivity index (χ1) is 28.0. The summed E-state index contributed by atoms with van der Waals surface area (Å²) in [6.45, 7) is 4.71. The van der Waals surface area contributed by atoms with Crippen molar-refractivity contribution in [2.24, 2.45) is 0 Å². The number of rotatable bonds is 6. The highest BCUT2D eigenvalue weighted by atomic mass is 15.1. The van der Waals surface area contributed by atoms with Crippen molar-refractivity contribution in [1.29, 1.82) is 0 Å². The molecule has 9 aromatic rings. The first-order valence-electron chi connectivity index (χ1n) is 20.0. The van der Waals surface area contributed by atoms with E-state index in [0.29, 0.717) is 0 Å². The van der Waals surface area contributed by atoms with E-state index in [1.165, 1.54) is 77.5 Å². The molecule has 0 unspecified atom stereocenters. The largest absolute Gasteiger partial charge is 0.310 e. The van der Waals surface area contributed by atoms with Crippen LogP contribution in [-0.4, -0.2) is 0 Å². The van der Waals surface area contributed by atoms with Crippen molar-refractivity contribution in [2.75, 3.05) is 4.90 Å². The van der Waals surface area contributed by atoms with Crippen LogP contribution in [0.4, 0.5) is 17.1 Å². The van der Waals surface area contributed by atoms with Gasteiger partial charge in [-0.1, -0.05) is 190 Å². The van der Waals surface area contributed by atoms with Gasteiger partial charge in [-0.05, 0) is 114 Å². The predicted molar refractivity (Wildman–Crippen MR) is 239 cm³/mol.